The lowest BCUT2D eigenvalue weighted by Gasteiger charge is -2.30. The van der Waals surface area contributed by atoms with E-state index in [1.54, 1.807) is 0 Å². The molecule has 0 rings (SSSR count). The Balaban J connectivity index is 4.46. The zero-order chi connectivity index (χ0) is 35.3. The van der Waals surface area contributed by atoms with Crippen molar-refractivity contribution in [1.82, 2.24) is 16.0 Å². The van der Waals surface area contributed by atoms with E-state index < -0.39 is 65.7 Å². The predicted molar refractivity (Wildman–Crippen MR) is 170 cm³/mol. The minimum Gasteiger partial charge on any atom is -0.466 e. The van der Waals surface area contributed by atoms with Crippen molar-refractivity contribution in [1.29, 1.82) is 0 Å². The number of thioether (sulfide) groups is 1. The second-order valence-electron chi connectivity index (χ2n) is 11.7. The molecule has 0 unspecified atom stereocenters. The average Bonchev–Trinajstić information content (AvgIpc) is 2.94. The Morgan fingerprint density at radius 2 is 1.48 bits per heavy atom. The van der Waals surface area contributed by atoms with Gasteiger partial charge in [-0.25, -0.2) is 0 Å². The molecule has 266 valence electrons. The normalized spacial score (nSPS) is 13.6. The Hall–Kier alpha value is -2.99. The maximum absolute atomic E-state index is 12.5. The van der Waals surface area contributed by atoms with Crippen LogP contribution in [0.15, 0.2) is 0 Å². The molecule has 46 heavy (non-hydrogen) atoms. The van der Waals surface area contributed by atoms with E-state index in [9.17, 15) is 33.9 Å². The summed E-state index contributed by atoms with van der Waals surface area (Å²) in [5.41, 5.74) is 9.79. The molecule has 0 aromatic rings. The molecule has 0 bridgehead atoms. The Morgan fingerprint density at radius 3 is 2.07 bits per heavy atom. The number of aliphatic hydroxyl groups excluding tert-OH is 1. The lowest BCUT2D eigenvalue weighted by Crippen LogP contribution is -2.54. The van der Waals surface area contributed by atoms with E-state index in [-0.39, 0.29) is 50.8 Å². The fourth-order valence-electron chi connectivity index (χ4n) is 3.65. The van der Waals surface area contributed by atoms with Gasteiger partial charge in [0.1, 0.15) is 12.1 Å². The summed E-state index contributed by atoms with van der Waals surface area (Å²) in [6.07, 6.45) is 0.888. The Kier molecular flexibility index (Phi) is 21.1. The number of nitrogens with two attached hydrogens (primary N) is 2. The molecular weight excluding hydrogens is 626 g/mol. The number of primary amides is 1. The molecule has 0 aromatic heterocycles. The monoisotopic (exact) mass is 679 g/mol. The van der Waals surface area contributed by atoms with Gasteiger partial charge in [-0.1, -0.05) is 0 Å². The summed E-state index contributed by atoms with van der Waals surface area (Å²) in [5, 5.41) is 17.1. The summed E-state index contributed by atoms with van der Waals surface area (Å²) in [7, 11) is 0. The number of carbonyl (C=O) groups is 6. The molecular formula is C29H53N5O11S. The van der Waals surface area contributed by atoms with Gasteiger partial charge in [-0.05, 0) is 40.5 Å². The van der Waals surface area contributed by atoms with E-state index >= 15 is 0 Å². The standard InChI is InChI=1S/C29H53N5O11S/c1-19(36)42-12-8-21(45-20(2)37)17-46-18-22(30)26(40)34-23(16-35)27(41)32-11-14-44-29(5,6)10-13-43-28(3,4)9-7-25(39)33-15-24(31)38/h21-23,35H,7-18,30H2,1-6H3,(H2,31,38)(H,32,41)(H,33,39)(H,34,40)/t21-,22-,23-/m0/s1. The third-order valence-electron chi connectivity index (χ3n) is 6.34. The smallest absolute Gasteiger partial charge is 0.302 e. The number of ether oxygens (including phenoxy) is 4. The van der Waals surface area contributed by atoms with Crippen molar-refractivity contribution >= 4 is 47.3 Å². The van der Waals surface area contributed by atoms with Gasteiger partial charge in [-0.2, -0.15) is 11.8 Å². The molecule has 0 aliphatic rings. The molecule has 0 heterocycles. The molecule has 0 aromatic carbocycles. The highest BCUT2D eigenvalue weighted by Crippen LogP contribution is 2.20. The quantitative estimate of drug-likeness (QED) is 0.0495. The van der Waals surface area contributed by atoms with Crippen molar-refractivity contribution in [2.75, 3.05) is 51.0 Å². The van der Waals surface area contributed by atoms with Crippen molar-refractivity contribution in [2.45, 2.75) is 96.6 Å². The van der Waals surface area contributed by atoms with Crippen molar-refractivity contribution in [2.24, 2.45) is 11.5 Å². The van der Waals surface area contributed by atoms with Crippen LogP contribution in [0, 0.1) is 0 Å². The molecule has 0 aliphatic carbocycles. The first kappa shape index (κ1) is 43.0. The summed E-state index contributed by atoms with van der Waals surface area (Å²) < 4.78 is 21.9. The van der Waals surface area contributed by atoms with Crippen molar-refractivity contribution in [3.63, 3.8) is 0 Å². The zero-order valence-electron chi connectivity index (χ0n) is 27.8. The molecule has 0 saturated carbocycles. The molecule has 0 fully saturated rings. The lowest BCUT2D eigenvalue weighted by atomic mass is 10.0. The van der Waals surface area contributed by atoms with Crippen LogP contribution in [0.1, 0.15) is 67.2 Å². The summed E-state index contributed by atoms with van der Waals surface area (Å²) >= 11 is 1.25. The van der Waals surface area contributed by atoms with Crippen LogP contribution >= 0.6 is 11.8 Å². The highest BCUT2D eigenvalue weighted by Gasteiger charge is 2.26. The number of carbonyl (C=O) groups excluding carboxylic acids is 6. The number of aliphatic hydroxyl groups is 1. The molecule has 4 amide bonds. The van der Waals surface area contributed by atoms with Crippen molar-refractivity contribution < 1.29 is 52.8 Å². The van der Waals surface area contributed by atoms with E-state index in [1.165, 1.54) is 25.6 Å². The van der Waals surface area contributed by atoms with Crippen LogP contribution in [0.25, 0.3) is 0 Å². The largest absolute Gasteiger partial charge is 0.466 e. The van der Waals surface area contributed by atoms with Gasteiger partial charge in [0.2, 0.25) is 23.6 Å². The Bertz CT molecular complexity index is 997. The van der Waals surface area contributed by atoms with Crippen LogP contribution in [-0.2, 0) is 47.7 Å². The Morgan fingerprint density at radius 1 is 0.848 bits per heavy atom. The van der Waals surface area contributed by atoms with Crippen LogP contribution in [0.4, 0.5) is 0 Å². The molecule has 0 radical (unpaired) electrons. The number of rotatable bonds is 25. The predicted octanol–water partition coefficient (Wildman–Crippen LogP) is -1.11. The topological polar surface area (TPSA) is 248 Å². The third kappa shape index (κ3) is 22.5. The summed E-state index contributed by atoms with van der Waals surface area (Å²) in [5.74, 6) is -2.64. The van der Waals surface area contributed by atoms with Gasteiger partial charge in [-0.15, -0.1) is 0 Å². The third-order valence-corrected chi connectivity index (χ3v) is 7.54. The van der Waals surface area contributed by atoms with Crippen LogP contribution in [-0.4, -0.2) is 121 Å². The highest BCUT2D eigenvalue weighted by molar-refractivity contribution is 7.99. The maximum Gasteiger partial charge on any atom is 0.302 e. The molecule has 8 N–H and O–H groups in total. The lowest BCUT2D eigenvalue weighted by molar-refractivity contribution is -0.147. The van der Waals surface area contributed by atoms with E-state index in [0.29, 0.717) is 25.2 Å². The Labute approximate surface area is 275 Å². The van der Waals surface area contributed by atoms with Crippen LogP contribution in [0.5, 0.6) is 0 Å². The fourth-order valence-corrected chi connectivity index (χ4v) is 4.69. The van der Waals surface area contributed by atoms with E-state index in [1.807, 2.05) is 27.7 Å². The van der Waals surface area contributed by atoms with Gasteiger partial charge >= 0.3 is 11.9 Å². The molecule has 0 saturated heterocycles. The second kappa shape index (κ2) is 22.5. The minimum absolute atomic E-state index is 0.0773. The van der Waals surface area contributed by atoms with E-state index in [4.69, 9.17) is 30.4 Å². The molecule has 17 heteroatoms. The number of hydrogen-bond acceptors (Lipinski definition) is 13. The van der Waals surface area contributed by atoms with Crippen LogP contribution < -0.4 is 27.4 Å². The van der Waals surface area contributed by atoms with Crippen LogP contribution in [0.2, 0.25) is 0 Å². The zero-order valence-corrected chi connectivity index (χ0v) is 28.6. The minimum atomic E-state index is -1.22. The second-order valence-corrected chi connectivity index (χ2v) is 12.8. The van der Waals surface area contributed by atoms with Gasteiger partial charge in [0.15, 0.2) is 0 Å². The first-order valence-corrected chi connectivity index (χ1v) is 16.2. The van der Waals surface area contributed by atoms with Gasteiger partial charge in [0, 0.05) is 44.7 Å². The summed E-state index contributed by atoms with van der Waals surface area (Å²) in [4.78, 5) is 69.9. The first-order chi connectivity index (χ1) is 21.4. The molecule has 0 spiro atoms. The van der Waals surface area contributed by atoms with E-state index in [0.717, 1.165) is 0 Å². The highest BCUT2D eigenvalue weighted by atomic mass is 32.2. The fraction of sp³-hybridized carbons (Fsp3) is 0.793. The number of nitrogens with one attached hydrogen (secondary N) is 3. The van der Waals surface area contributed by atoms with E-state index in [2.05, 4.69) is 16.0 Å². The first-order valence-electron chi connectivity index (χ1n) is 15.0. The maximum atomic E-state index is 12.5. The summed E-state index contributed by atoms with van der Waals surface area (Å²) in [6.45, 7) is 9.84. The molecule has 16 nitrogen and oxygen atoms in total. The SMILES string of the molecule is CC(=O)OCC[C@@H](CSC[C@H](N)C(=O)N[C@@H](CO)C(=O)NCCOC(C)(C)CCOC(C)(C)CCC(=O)NCC(N)=O)OC(C)=O. The van der Waals surface area contributed by atoms with Gasteiger partial charge < -0.3 is 51.5 Å². The number of hydrogen-bond donors (Lipinski definition) is 6. The van der Waals surface area contributed by atoms with Gasteiger partial charge in [0.05, 0.1) is 50.2 Å². The van der Waals surface area contributed by atoms with Gasteiger partial charge in [-0.3, -0.25) is 28.8 Å². The van der Waals surface area contributed by atoms with Crippen LogP contribution in [0.3, 0.4) is 0 Å². The number of amides is 4. The summed E-state index contributed by atoms with van der Waals surface area (Å²) in [6, 6.07) is -2.23. The molecule has 3 atom stereocenters. The van der Waals surface area contributed by atoms with Gasteiger partial charge in [0.25, 0.3) is 0 Å². The molecule has 0 aliphatic heterocycles. The average molecular weight is 680 g/mol. The number of esters is 2. The van der Waals surface area contributed by atoms with Crippen molar-refractivity contribution in [3.05, 3.63) is 0 Å². The van der Waals surface area contributed by atoms with Crippen molar-refractivity contribution in [3.8, 4) is 0 Å².